The Bertz CT molecular complexity index is 666. The maximum absolute atomic E-state index is 9.90. The van der Waals surface area contributed by atoms with Gasteiger partial charge in [0.15, 0.2) is 0 Å². The van der Waals surface area contributed by atoms with Crippen LogP contribution in [0.1, 0.15) is 43.7 Å². The fraction of sp³-hybridized carbons (Fsp3) is 0.316. The molecule has 122 valence electrons. The van der Waals surface area contributed by atoms with Gasteiger partial charge < -0.3 is 5.11 Å². The molecule has 0 saturated heterocycles. The number of halogens is 2. The molecule has 0 saturated carbocycles. The fourth-order valence-corrected chi connectivity index (χ4v) is 2.84. The first-order chi connectivity index (χ1) is 11.1. The van der Waals surface area contributed by atoms with E-state index in [1.165, 1.54) is 37.3 Å². The molecule has 0 heterocycles. The normalized spacial score (nSPS) is 11.3. The van der Waals surface area contributed by atoms with Crippen LogP contribution in [0.25, 0.3) is 0 Å². The van der Waals surface area contributed by atoms with Crippen LogP contribution in [0, 0.1) is 0 Å². The average molecular weight is 350 g/mol. The van der Waals surface area contributed by atoms with Gasteiger partial charge >= 0.3 is 0 Å². The number of phenolic OH excluding ortho intramolecular Hbond substituents is 1. The van der Waals surface area contributed by atoms with Crippen molar-refractivity contribution in [3.63, 3.8) is 0 Å². The van der Waals surface area contributed by atoms with Crippen LogP contribution in [0.2, 0.25) is 10.0 Å². The van der Waals surface area contributed by atoms with Crippen LogP contribution in [-0.4, -0.2) is 11.3 Å². The van der Waals surface area contributed by atoms with Crippen LogP contribution in [0.5, 0.6) is 5.75 Å². The van der Waals surface area contributed by atoms with Crippen molar-refractivity contribution in [2.45, 2.75) is 39.0 Å². The molecule has 0 amide bonds. The highest BCUT2D eigenvalue weighted by Gasteiger charge is 2.05. The maximum atomic E-state index is 9.90. The largest absolute Gasteiger partial charge is 0.506 e. The van der Waals surface area contributed by atoms with Crippen molar-refractivity contribution in [1.82, 2.24) is 0 Å². The molecular weight excluding hydrogens is 329 g/mol. The molecule has 0 aromatic heterocycles. The molecule has 0 radical (unpaired) electrons. The van der Waals surface area contributed by atoms with E-state index in [1.54, 1.807) is 12.3 Å². The topological polar surface area (TPSA) is 32.6 Å². The standard InChI is InChI=1S/C19H21Cl2NO/c1-2-3-4-5-6-14-7-9-17(10-8-14)22-13-15-11-16(20)12-18(21)19(15)23/h7-13,23H,2-6H2,1H3. The number of nitrogens with zero attached hydrogens (tertiary/aromatic N) is 1. The SMILES string of the molecule is CCCCCCc1ccc(N=Cc2cc(Cl)cc(Cl)c2O)cc1. The Morgan fingerprint density at radius 1 is 1.04 bits per heavy atom. The minimum absolute atomic E-state index is 0.00707. The molecule has 0 aliphatic carbocycles. The Balaban J connectivity index is 2.00. The number of hydrogen-bond donors (Lipinski definition) is 1. The molecule has 0 bridgehead atoms. The molecule has 4 heteroatoms. The Morgan fingerprint density at radius 3 is 2.48 bits per heavy atom. The number of aromatic hydroxyl groups is 1. The van der Waals surface area contributed by atoms with Gasteiger partial charge in [0.1, 0.15) is 5.75 Å². The smallest absolute Gasteiger partial charge is 0.143 e. The zero-order valence-electron chi connectivity index (χ0n) is 13.2. The molecule has 0 spiro atoms. The van der Waals surface area contributed by atoms with Gasteiger partial charge in [0.05, 0.1) is 10.7 Å². The van der Waals surface area contributed by atoms with Gasteiger partial charge in [-0.1, -0.05) is 61.5 Å². The van der Waals surface area contributed by atoms with Crippen LogP contribution in [0.4, 0.5) is 5.69 Å². The molecule has 0 fully saturated rings. The summed E-state index contributed by atoms with van der Waals surface area (Å²) in [5.41, 5.74) is 2.66. The van der Waals surface area contributed by atoms with Gasteiger partial charge in [0.25, 0.3) is 0 Å². The quantitative estimate of drug-likeness (QED) is 0.444. The molecule has 0 aliphatic heterocycles. The summed E-state index contributed by atoms with van der Waals surface area (Å²) < 4.78 is 0. The van der Waals surface area contributed by atoms with Gasteiger partial charge in [-0.25, -0.2) is 0 Å². The van der Waals surface area contributed by atoms with E-state index in [9.17, 15) is 5.11 Å². The lowest BCUT2D eigenvalue weighted by atomic mass is 10.1. The molecular formula is C19H21Cl2NO. The second kappa shape index (κ2) is 8.95. The highest BCUT2D eigenvalue weighted by molar-refractivity contribution is 6.36. The molecule has 23 heavy (non-hydrogen) atoms. The number of aryl methyl sites for hydroxylation is 1. The van der Waals surface area contributed by atoms with E-state index in [-0.39, 0.29) is 10.8 Å². The lowest BCUT2D eigenvalue weighted by Gasteiger charge is -2.03. The molecule has 0 unspecified atom stereocenters. The van der Waals surface area contributed by atoms with Gasteiger partial charge in [0.2, 0.25) is 0 Å². The molecule has 0 atom stereocenters. The Hall–Kier alpha value is -1.51. The zero-order chi connectivity index (χ0) is 16.7. The number of phenols is 1. The van der Waals surface area contributed by atoms with Gasteiger partial charge in [-0.2, -0.15) is 0 Å². The molecule has 0 aliphatic rings. The fourth-order valence-electron chi connectivity index (χ4n) is 2.33. The second-order valence-corrected chi connectivity index (χ2v) is 6.40. The van der Waals surface area contributed by atoms with Crippen LogP contribution in [-0.2, 0) is 6.42 Å². The van der Waals surface area contributed by atoms with Crippen LogP contribution < -0.4 is 0 Å². The summed E-state index contributed by atoms with van der Waals surface area (Å²) >= 11 is 11.8. The highest BCUT2D eigenvalue weighted by atomic mass is 35.5. The third-order valence-corrected chi connectivity index (χ3v) is 4.17. The summed E-state index contributed by atoms with van der Waals surface area (Å²) in [4.78, 5) is 4.37. The second-order valence-electron chi connectivity index (χ2n) is 5.56. The number of hydrogen-bond acceptors (Lipinski definition) is 2. The summed E-state index contributed by atoms with van der Waals surface area (Å²) in [5, 5.41) is 10.6. The third-order valence-electron chi connectivity index (χ3n) is 3.67. The van der Waals surface area contributed by atoms with Crippen molar-refractivity contribution < 1.29 is 5.11 Å². The predicted octanol–water partition coefficient (Wildman–Crippen LogP) is 6.57. The van der Waals surface area contributed by atoms with E-state index in [1.807, 2.05) is 12.1 Å². The summed E-state index contributed by atoms with van der Waals surface area (Å²) in [6.45, 7) is 2.22. The van der Waals surface area contributed by atoms with Crippen LogP contribution in [0.3, 0.4) is 0 Å². The van der Waals surface area contributed by atoms with Gasteiger partial charge in [-0.05, 0) is 42.7 Å². The number of unbranched alkanes of at least 4 members (excludes halogenated alkanes) is 3. The molecule has 2 nitrogen and oxygen atoms in total. The summed E-state index contributed by atoms with van der Waals surface area (Å²) in [5.74, 6) is -0.00707. The maximum Gasteiger partial charge on any atom is 0.143 e. The Kier molecular flexibility index (Phi) is 6.94. The van der Waals surface area contributed by atoms with E-state index in [2.05, 4.69) is 24.0 Å². The Labute approximate surface area is 147 Å². The minimum Gasteiger partial charge on any atom is -0.506 e. The van der Waals surface area contributed by atoms with Gasteiger partial charge in [-0.3, -0.25) is 4.99 Å². The van der Waals surface area contributed by atoms with Gasteiger partial charge in [-0.15, -0.1) is 0 Å². The van der Waals surface area contributed by atoms with Crippen molar-refractivity contribution in [3.8, 4) is 5.75 Å². The van der Waals surface area contributed by atoms with Crippen molar-refractivity contribution in [2.24, 2.45) is 4.99 Å². The monoisotopic (exact) mass is 349 g/mol. The van der Waals surface area contributed by atoms with Crippen molar-refractivity contribution >= 4 is 35.1 Å². The van der Waals surface area contributed by atoms with E-state index < -0.39 is 0 Å². The van der Waals surface area contributed by atoms with E-state index in [0.29, 0.717) is 10.6 Å². The molecule has 2 aromatic carbocycles. The van der Waals surface area contributed by atoms with E-state index in [4.69, 9.17) is 23.2 Å². The first-order valence-corrected chi connectivity index (χ1v) is 8.66. The van der Waals surface area contributed by atoms with E-state index >= 15 is 0 Å². The minimum atomic E-state index is -0.00707. The van der Waals surface area contributed by atoms with Crippen molar-refractivity contribution in [3.05, 3.63) is 57.6 Å². The van der Waals surface area contributed by atoms with Crippen LogP contribution >= 0.6 is 23.2 Å². The molecule has 2 rings (SSSR count). The summed E-state index contributed by atoms with van der Waals surface area (Å²) in [6.07, 6.45) is 7.75. The number of benzene rings is 2. The first-order valence-electron chi connectivity index (χ1n) is 7.91. The third kappa shape index (κ3) is 5.56. The number of aliphatic imine (C=N–C) groups is 1. The lowest BCUT2D eigenvalue weighted by molar-refractivity contribution is 0.475. The molecule has 1 N–H and O–H groups in total. The predicted molar refractivity (Wildman–Crippen MR) is 99.7 cm³/mol. The first kappa shape index (κ1) is 17.8. The van der Waals surface area contributed by atoms with E-state index in [0.717, 1.165) is 12.1 Å². The van der Waals surface area contributed by atoms with Crippen molar-refractivity contribution in [1.29, 1.82) is 0 Å². The lowest BCUT2D eigenvalue weighted by Crippen LogP contribution is -1.86. The zero-order valence-corrected chi connectivity index (χ0v) is 14.7. The van der Waals surface area contributed by atoms with Crippen LogP contribution in [0.15, 0.2) is 41.4 Å². The molecule has 2 aromatic rings. The highest BCUT2D eigenvalue weighted by Crippen LogP contribution is 2.30. The average Bonchev–Trinajstić information content (AvgIpc) is 2.55. The summed E-state index contributed by atoms with van der Waals surface area (Å²) in [6, 6.07) is 11.3. The van der Waals surface area contributed by atoms with Crippen molar-refractivity contribution in [2.75, 3.05) is 0 Å². The summed E-state index contributed by atoms with van der Waals surface area (Å²) in [7, 11) is 0. The van der Waals surface area contributed by atoms with Gasteiger partial charge in [0, 0.05) is 16.8 Å². The number of rotatable bonds is 7. The Morgan fingerprint density at radius 2 is 1.78 bits per heavy atom.